The SMILES string of the molecule is N#Cc1cccc(-c2ccc(Cl)cc2C(=O)O)c1. The second-order valence-electron chi connectivity index (χ2n) is 3.69. The van der Waals surface area contributed by atoms with Crippen LogP contribution in [0, 0.1) is 11.3 Å². The lowest BCUT2D eigenvalue weighted by molar-refractivity contribution is 0.0697. The third kappa shape index (κ3) is 2.34. The fourth-order valence-electron chi connectivity index (χ4n) is 1.70. The van der Waals surface area contributed by atoms with Gasteiger partial charge in [-0.05, 0) is 35.4 Å². The number of nitriles is 1. The highest BCUT2D eigenvalue weighted by atomic mass is 35.5. The van der Waals surface area contributed by atoms with Crippen molar-refractivity contribution in [2.45, 2.75) is 0 Å². The fourth-order valence-corrected chi connectivity index (χ4v) is 1.87. The van der Waals surface area contributed by atoms with Gasteiger partial charge in [-0.15, -0.1) is 0 Å². The van der Waals surface area contributed by atoms with Crippen LogP contribution < -0.4 is 0 Å². The minimum absolute atomic E-state index is 0.123. The van der Waals surface area contributed by atoms with Gasteiger partial charge >= 0.3 is 5.97 Å². The minimum atomic E-state index is -1.05. The predicted molar refractivity (Wildman–Crippen MR) is 68.6 cm³/mol. The van der Waals surface area contributed by atoms with Gasteiger partial charge in [0.1, 0.15) is 0 Å². The van der Waals surface area contributed by atoms with E-state index in [1.165, 1.54) is 6.07 Å². The Labute approximate surface area is 109 Å². The van der Waals surface area contributed by atoms with Crippen LogP contribution in [0.3, 0.4) is 0 Å². The van der Waals surface area contributed by atoms with E-state index in [4.69, 9.17) is 22.0 Å². The van der Waals surface area contributed by atoms with Gasteiger partial charge < -0.3 is 5.11 Å². The monoisotopic (exact) mass is 257 g/mol. The summed E-state index contributed by atoms with van der Waals surface area (Å²) >= 11 is 5.79. The Morgan fingerprint density at radius 1 is 1.22 bits per heavy atom. The average Bonchev–Trinajstić information content (AvgIpc) is 2.38. The van der Waals surface area contributed by atoms with Crippen molar-refractivity contribution >= 4 is 17.6 Å². The summed E-state index contributed by atoms with van der Waals surface area (Å²) in [5.74, 6) is -1.05. The van der Waals surface area contributed by atoms with E-state index in [1.807, 2.05) is 6.07 Å². The highest BCUT2D eigenvalue weighted by Crippen LogP contribution is 2.27. The number of halogens is 1. The van der Waals surface area contributed by atoms with E-state index in [9.17, 15) is 4.79 Å². The molecular weight excluding hydrogens is 250 g/mol. The van der Waals surface area contributed by atoms with Gasteiger partial charge in [0.25, 0.3) is 0 Å². The van der Waals surface area contributed by atoms with E-state index in [-0.39, 0.29) is 5.56 Å². The molecule has 0 unspecified atom stereocenters. The van der Waals surface area contributed by atoms with Crippen LogP contribution in [0.2, 0.25) is 5.02 Å². The molecule has 0 spiro atoms. The number of carboxylic acids is 1. The summed E-state index contributed by atoms with van der Waals surface area (Å²) in [5.41, 5.74) is 1.84. The van der Waals surface area contributed by atoms with Crippen molar-refractivity contribution in [1.29, 1.82) is 5.26 Å². The van der Waals surface area contributed by atoms with E-state index in [0.29, 0.717) is 21.7 Å². The number of hydrogen-bond donors (Lipinski definition) is 1. The molecule has 3 nitrogen and oxygen atoms in total. The molecule has 0 bridgehead atoms. The van der Waals surface area contributed by atoms with Crippen LogP contribution in [0.25, 0.3) is 11.1 Å². The molecule has 0 aliphatic heterocycles. The number of aromatic carboxylic acids is 1. The average molecular weight is 258 g/mol. The molecule has 0 fully saturated rings. The molecular formula is C14H8ClNO2. The zero-order valence-corrected chi connectivity index (χ0v) is 9.98. The topological polar surface area (TPSA) is 61.1 Å². The van der Waals surface area contributed by atoms with Crippen LogP contribution in [0.15, 0.2) is 42.5 Å². The van der Waals surface area contributed by atoms with E-state index >= 15 is 0 Å². The maximum Gasteiger partial charge on any atom is 0.336 e. The third-order valence-corrected chi connectivity index (χ3v) is 2.75. The second-order valence-corrected chi connectivity index (χ2v) is 4.12. The lowest BCUT2D eigenvalue weighted by Crippen LogP contribution is -1.99. The largest absolute Gasteiger partial charge is 0.478 e. The molecule has 0 saturated carbocycles. The number of benzene rings is 2. The highest BCUT2D eigenvalue weighted by Gasteiger charge is 2.12. The van der Waals surface area contributed by atoms with Gasteiger partial charge in [0, 0.05) is 5.02 Å². The van der Waals surface area contributed by atoms with Gasteiger partial charge in [-0.25, -0.2) is 4.79 Å². The Morgan fingerprint density at radius 3 is 2.67 bits per heavy atom. The molecule has 0 amide bonds. The molecule has 2 rings (SSSR count). The lowest BCUT2D eigenvalue weighted by atomic mass is 9.98. The van der Waals surface area contributed by atoms with Gasteiger partial charge in [-0.2, -0.15) is 5.26 Å². The number of rotatable bonds is 2. The predicted octanol–water partition coefficient (Wildman–Crippen LogP) is 3.58. The summed E-state index contributed by atoms with van der Waals surface area (Å²) in [7, 11) is 0. The van der Waals surface area contributed by atoms with Gasteiger partial charge in [-0.1, -0.05) is 29.8 Å². The lowest BCUT2D eigenvalue weighted by Gasteiger charge is -2.07. The van der Waals surface area contributed by atoms with Crippen molar-refractivity contribution < 1.29 is 9.90 Å². The molecule has 4 heteroatoms. The first kappa shape index (κ1) is 12.2. The number of carbonyl (C=O) groups is 1. The zero-order valence-electron chi connectivity index (χ0n) is 9.22. The minimum Gasteiger partial charge on any atom is -0.478 e. The van der Waals surface area contributed by atoms with Crippen LogP contribution in [-0.4, -0.2) is 11.1 Å². The molecule has 0 aliphatic carbocycles. The number of nitrogens with zero attached hydrogens (tertiary/aromatic N) is 1. The summed E-state index contributed by atoms with van der Waals surface area (Å²) in [5, 5.41) is 18.4. The third-order valence-electron chi connectivity index (χ3n) is 2.51. The molecule has 2 aromatic carbocycles. The molecule has 0 heterocycles. The summed E-state index contributed by atoms with van der Waals surface area (Å²) in [6, 6.07) is 13.5. The van der Waals surface area contributed by atoms with E-state index < -0.39 is 5.97 Å². The van der Waals surface area contributed by atoms with Crippen molar-refractivity contribution in [3.8, 4) is 17.2 Å². The van der Waals surface area contributed by atoms with Crippen molar-refractivity contribution in [2.24, 2.45) is 0 Å². The summed E-state index contributed by atoms with van der Waals surface area (Å²) < 4.78 is 0. The Kier molecular flexibility index (Phi) is 3.31. The van der Waals surface area contributed by atoms with Crippen LogP contribution in [0.1, 0.15) is 15.9 Å². The van der Waals surface area contributed by atoms with E-state index in [0.717, 1.165) is 0 Å². The first-order chi connectivity index (χ1) is 8.61. The molecule has 0 aliphatic rings. The highest BCUT2D eigenvalue weighted by molar-refractivity contribution is 6.31. The number of hydrogen-bond acceptors (Lipinski definition) is 2. The van der Waals surface area contributed by atoms with Crippen molar-refractivity contribution in [3.63, 3.8) is 0 Å². The van der Waals surface area contributed by atoms with Gasteiger partial charge in [0.15, 0.2) is 0 Å². The van der Waals surface area contributed by atoms with Gasteiger partial charge in [0.05, 0.1) is 17.2 Å². The Hall–Kier alpha value is -2.31. The smallest absolute Gasteiger partial charge is 0.336 e. The first-order valence-electron chi connectivity index (χ1n) is 5.15. The Balaban J connectivity index is 2.63. The zero-order chi connectivity index (χ0) is 13.1. The van der Waals surface area contributed by atoms with Crippen molar-refractivity contribution in [2.75, 3.05) is 0 Å². The molecule has 0 atom stereocenters. The van der Waals surface area contributed by atoms with E-state index in [2.05, 4.69) is 0 Å². The maximum atomic E-state index is 11.2. The molecule has 2 aromatic rings. The van der Waals surface area contributed by atoms with Crippen LogP contribution in [-0.2, 0) is 0 Å². The maximum absolute atomic E-state index is 11.2. The van der Waals surface area contributed by atoms with E-state index in [1.54, 1.807) is 36.4 Å². The first-order valence-corrected chi connectivity index (χ1v) is 5.53. The van der Waals surface area contributed by atoms with Gasteiger partial charge in [0.2, 0.25) is 0 Å². The van der Waals surface area contributed by atoms with Gasteiger partial charge in [-0.3, -0.25) is 0 Å². The Morgan fingerprint density at radius 2 is 2.00 bits per heavy atom. The quantitative estimate of drug-likeness (QED) is 0.894. The molecule has 0 radical (unpaired) electrons. The summed E-state index contributed by atoms with van der Waals surface area (Å²) in [4.78, 5) is 11.2. The molecule has 18 heavy (non-hydrogen) atoms. The summed E-state index contributed by atoms with van der Waals surface area (Å²) in [6.07, 6.45) is 0. The van der Waals surface area contributed by atoms with Crippen LogP contribution in [0.5, 0.6) is 0 Å². The number of carboxylic acid groups (broad SMARTS) is 1. The van der Waals surface area contributed by atoms with Crippen molar-refractivity contribution in [1.82, 2.24) is 0 Å². The Bertz CT molecular complexity index is 659. The van der Waals surface area contributed by atoms with Crippen LogP contribution >= 0.6 is 11.6 Å². The summed E-state index contributed by atoms with van der Waals surface area (Å²) in [6.45, 7) is 0. The normalized spacial score (nSPS) is 9.78. The fraction of sp³-hybridized carbons (Fsp3) is 0. The molecule has 0 saturated heterocycles. The molecule has 1 N–H and O–H groups in total. The van der Waals surface area contributed by atoms with Crippen molar-refractivity contribution in [3.05, 3.63) is 58.6 Å². The molecule has 0 aromatic heterocycles. The molecule has 88 valence electrons. The van der Waals surface area contributed by atoms with Crippen LogP contribution in [0.4, 0.5) is 0 Å². The second kappa shape index (κ2) is 4.91. The standard InChI is InChI=1S/C14H8ClNO2/c15-11-4-5-12(13(7-11)14(17)18)10-3-1-2-9(6-10)8-16/h1-7H,(H,17,18).